The van der Waals surface area contributed by atoms with Gasteiger partial charge in [-0.1, -0.05) is 42.5 Å². The fourth-order valence-electron chi connectivity index (χ4n) is 3.66. The van der Waals surface area contributed by atoms with E-state index in [9.17, 15) is 0 Å². The Hall–Kier alpha value is -4.58. The summed E-state index contributed by atoms with van der Waals surface area (Å²) in [6.07, 6.45) is 11.8. The highest BCUT2D eigenvalue weighted by Gasteiger charge is 2.06. The predicted molar refractivity (Wildman–Crippen MR) is 136 cm³/mol. The van der Waals surface area contributed by atoms with Gasteiger partial charge in [0.25, 0.3) is 0 Å². The molecule has 168 valence electrons. The topological polar surface area (TPSA) is 75.8 Å². The van der Waals surface area contributed by atoms with E-state index in [1.54, 1.807) is 13.3 Å². The van der Waals surface area contributed by atoms with Crippen LogP contribution in [0.3, 0.4) is 0 Å². The van der Waals surface area contributed by atoms with Gasteiger partial charge in [0.05, 0.1) is 24.2 Å². The zero-order valence-corrected chi connectivity index (χ0v) is 18.7. The Kier molecular flexibility index (Phi) is 6.21. The summed E-state index contributed by atoms with van der Waals surface area (Å²) in [5.74, 6) is 1.34. The fraction of sp³-hybridized carbons (Fsp3) is 0.0714. The summed E-state index contributed by atoms with van der Waals surface area (Å²) in [5, 5.41) is 8.64. The number of ether oxygens (including phenoxy) is 2. The van der Waals surface area contributed by atoms with E-state index in [2.05, 4.69) is 38.4 Å². The van der Waals surface area contributed by atoms with Gasteiger partial charge in [-0.25, -0.2) is 0 Å². The van der Waals surface area contributed by atoms with Crippen LogP contribution in [0.15, 0.2) is 79.1 Å². The van der Waals surface area contributed by atoms with Crippen LogP contribution < -0.4 is 9.47 Å². The summed E-state index contributed by atoms with van der Waals surface area (Å²) in [6.45, 7) is 0.383. The lowest BCUT2D eigenvalue weighted by atomic mass is 10.1. The van der Waals surface area contributed by atoms with Crippen molar-refractivity contribution in [2.45, 2.75) is 6.61 Å². The maximum atomic E-state index is 5.88. The summed E-state index contributed by atoms with van der Waals surface area (Å²) < 4.78 is 11.4. The van der Waals surface area contributed by atoms with Crippen LogP contribution in [0.4, 0.5) is 0 Å². The quantitative estimate of drug-likeness (QED) is 0.296. The number of pyridine rings is 1. The number of fused-ring (bicyclic) bond motifs is 1. The molecular weight excluding hydrogens is 424 g/mol. The number of rotatable bonds is 8. The van der Waals surface area contributed by atoms with Crippen LogP contribution in [0, 0.1) is 0 Å². The largest absolute Gasteiger partial charge is 0.493 e. The lowest BCUT2D eigenvalue weighted by Gasteiger charge is -2.11. The molecule has 0 aliphatic carbocycles. The smallest absolute Gasteiger partial charge is 0.161 e. The molecule has 0 amide bonds. The first kappa shape index (κ1) is 21.3. The molecule has 6 heteroatoms. The summed E-state index contributed by atoms with van der Waals surface area (Å²) in [4.78, 5) is 7.57. The molecule has 0 unspecified atom stereocenters. The molecule has 0 aliphatic rings. The van der Waals surface area contributed by atoms with Crippen molar-refractivity contribution >= 4 is 35.2 Å². The number of aromatic amines is 2. The molecule has 34 heavy (non-hydrogen) atoms. The number of hydrogen-bond donors (Lipinski definition) is 2. The van der Waals surface area contributed by atoms with E-state index < -0.39 is 0 Å². The van der Waals surface area contributed by atoms with Crippen molar-refractivity contribution in [3.63, 3.8) is 0 Å². The van der Waals surface area contributed by atoms with Gasteiger partial charge in [-0.3, -0.25) is 10.1 Å². The van der Waals surface area contributed by atoms with Crippen molar-refractivity contribution in [2.75, 3.05) is 7.11 Å². The SMILES string of the molecule is COc1cc(C=Cc2cc(C=Cc3c[nH]c4ccccc34)[nH]n2)ccc1OCc1ccccn1. The van der Waals surface area contributed by atoms with Gasteiger partial charge in [0.1, 0.15) is 6.61 Å². The normalized spacial score (nSPS) is 11.6. The van der Waals surface area contributed by atoms with E-state index in [1.165, 1.54) is 5.39 Å². The van der Waals surface area contributed by atoms with Gasteiger partial charge in [0.15, 0.2) is 11.5 Å². The van der Waals surface area contributed by atoms with Gasteiger partial charge in [-0.05, 0) is 59.7 Å². The zero-order valence-electron chi connectivity index (χ0n) is 18.7. The summed E-state index contributed by atoms with van der Waals surface area (Å²) in [6, 6.07) is 21.8. The number of H-pyrrole nitrogens is 2. The molecule has 0 bridgehead atoms. The number of para-hydroxylation sites is 1. The van der Waals surface area contributed by atoms with E-state index >= 15 is 0 Å². The lowest BCUT2D eigenvalue weighted by molar-refractivity contribution is 0.280. The van der Waals surface area contributed by atoms with E-state index in [1.807, 2.05) is 79.0 Å². The molecule has 2 aromatic carbocycles. The predicted octanol–water partition coefficient (Wildman–Crippen LogP) is 6.21. The molecule has 0 radical (unpaired) electrons. The molecule has 5 rings (SSSR count). The van der Waals surface area contributed by atoms with Crippen LogP contribution in [-0.2, 0) is 6.61 Å². The average molecular weight is 449 g/mol. The minimum Gasteiger partial charge on any atom is -0.493 e. The second kappa shape index (κ2) is 9.92. The maximum absolute atomic E-state index is 5.88. The number of nitrogens with one attached hydrogen (secondary N) is 2. The Bertz CT molecular complexity index is 1450. The van der Waals surface area contributed by atoms with Crippen molar-refractivity contribution < 1.29 is 9.47 Å². The second-order valence-corrected chi connectivity index (χ2v) is 7.72. The van der Waals surface area contributed by atoms with Crippen LogP contribution in [-0.4, -0.2) is 27.3 Å². The van der Waals surface area contributed by atoms with Crippen LogP contribution in [0.5, 0.6) is 11.5 Å². The molecule has 3 heterocycles. The number of nitrogens with zero attached hydrogens (tertiary/aromatic N) is 2. The molecule has 0 fully saturated rings. The highest BCUT2D eigenvalue weighted by molar-refractivity contribution is 5.91. The number of aromatic nitrogens is 4. The average Bonchev–Trinajstić information content (AvgIpc) is 3.52. The first-order valence-electron chi connectivity index (χ1n) is 11.0. The Morgan fingerprint density at radius 2 is 1.79 bits per heavy atom. The van der Waals surface area contributed by atoms with Gasteiger partial charge in [0, 0.05) is 23.3 Å². The van der Waals surface area contributed by atoms with E-state index in [0.717, 1.165) is 33.7 Å². The van der Waals surface area contributed by atoms with Crippen LogP contribution in [0.2, 0.25) is 0 Å². The van der Waals surface area contributed by atoms with Gasteiger partial charge < -0.3 is 14.5 Å². The molecule has 5 aromatic rings. The molecule has 0 aliphatic heterocycles. The standard InChI is InChI=1S/C28H24N4O2/c1-33-28-16-20(10-14-27(28)34-19-24-6-4-5-15-29-24)9-12-22-17-23(32-31-22)13-11-21-18-30-26-8-3-2-7-25(21)26/h2-18,30H,19H2,1H3,(H,31,32). The Morgan fingerprint density at radius 1 is 0.882 bits per heavy atom. The monoisotopic (exact) mass is 448 g/mol. The van der Waals surface area contributed by atoms with Crippen molar-refractivity contribution in [3.8, 4) is 11.5 Å². The van der Waals surface area contributed by atoms with Crippen LogP contribution in [0.25, 0.3) is 35.2 Å². The van der Waals surface area contributed by atoms with Crippen molar-refractivity contribution in [3.05, 3.63) is 107 Å². The molecule has 3 aromatic heterocycles. The Morgan fingerprint density at radius 3 is 2.68 bits per heavy atom. The number of methoxy groups -OCH3 is 1. The molecule has 0 spiro atoms. The van der Waals surface area contributed by atoms with Crippen LogP contribution in [0.1, 0.15) is 28.2 Å². The third-order valence-corrected chi connectivity index (χ3v) is 5.42. The number of hydrogen-bond acceptors (Lipinski definition) is 4. The minimum atomic E-state index is 0.383. The molecular formula is C28H24N4O2. The maximum Gasteiger partial charge on any atom is 0.161 e. The highest BCUT2D eigenvalue weighted by atomic mass is 16.5. The van der Waals surface area contributed by atoms with E-state index in [4.69, 9.17) is 9.47 Å². The third-order valence-electron chi connectivity index (χ3n) is 5.42. The summed E-state index contributed by atoms with van der Waals surface area (Å²) >= 11 is 0. The van der Waals surface area contributed by atoms with Crippen molar-refractivity contribution in [1.82, 2.24) is 20.2 Å². The Balaban J connectivity index is 1.25. The van der Waals surface area contributed by atoms with E-state index in [0.29, 0.717) is 18.1 Å². The van der Waals surface area contributed by atoms with Gasteiger partial charge in [-0.2, -0.15) is 5.10 Å². The number of benzene rings is 2. The second-order valence-electron chi connectivity index (χ2n) is 7.72. The molecule has 0 atom stereocenters. The Labute approximate surface area is 197 Å². The van der Waals surface area contributed by atoms with Crippen molar-refractivity contribution in [2.24, 2.45) is 0 Å². The molecule has 0 saturated heterocycles. The minimum absolute atomic E-state index is 0.383. The molecule has 2 N–H and O–H groups in total. The summed E-state index contributed by atoms with van der Waals surface area (Å²) in [5.41, 5.74) is 5.88. The van der Waals surface area contributed by atoms with Gasteiger partial charge in [-0.15, -0.1) is 0 Å². The highest BCUT2D eigenvalue weighted by Crippen LogP contribution is 2.29. The van der Waals surface area contributed by atoms with Crippen molar-refractivity contribution in [1.29, 1.82) is 0 Å². The van der Waals surface area contributed by atoms with Gasteiger partial charge in [0.2, 0.25) is 0 Å². The first-order valence-corrected chi connectivity index (χ1v) is 11.0. The fourth-order valence-corrected chi connectivity index (χ4v) is 3.66. The molecule has 0 saturated carbocycles. The van der Waals surface area contributed by atoms with E-state index in [-0.39, 0.29) is 0 Å². The molecule has 6 nitrogen and oxygen atoms in total. The third kappa shape index (κ3) is 4.91. The zero-order chi connectivity index (χ0) is 23.2. The summed E-state index contributed by atoms with van der Waals surface area (Å²) in [7, 11) is 1.64. The lowest BCUT2D eigenvalue weighted by Crippen LogP contribution is -1.99. The first-order chi connectivity index (χ1) is 16.8. The van der Waals surface area contributed by atoms with Gasteiger partial charge >= 0.3 is 0 Å². The van der Waals surface area contributed by atoms with Crippen LogP contribution >= 0.6 is 0 Å².